The van der Waals surface area contributed by atoms with Crippen LogP contribution in [0.2, 0.25) is 0 Å². The van der Waals surface area contributed by atoms with Crippen molar-refractivity contribution in [1.82, 2.24) is 9.97 Å². The number of amides is 1. The van der Waals surface area contributed by atoms with E-state index < -0.39 is 11.4 Å². The molecule has 26 heavy (non-hydrogen) atoms. The number of carboxylic acids is 1. The molecular formula is C18H20N4O4. The molecule has 0 unspecified atom stereocenters. The number of carbonyl (C=O) groups excluding carboxylic acids is 1. The number of carboxylic acid groups (broad SMARTS) is 1. The zero-order valence-corrected chi connectivity index (χ0v) is 14.8. The number of ether oxygens (including phenoxy) is 1. The lowest BCUT2D eigenvalue weighted by atomic mass is 9.85. The summed E-state index contributed by atoms with van der Waals surface area (Å²) in [6, 6.07) is 7.07. The van der Waals surface area contributed by atoms with Gasteiger partial charge in [-0.1, -0.05) is 12.1 Å². The molecule has 0 radical (unpaired) electrons. The number of aliphatic carboxylic acids is 1. The van der Waals surface area contributed by atoms with Crippen molar-refractivity contribution >= 4 is 23.4 Å². The van der Waals surface area contributed by atoms with Gasteiger partial charge in [-0.25, -0.2) is 0 Å². The monoisotopic (exact) mass is 356 g/mol. The zero-order valence-electron chi connectivity index (χ0n) is 14.8. The molecule has 1 aromatic heterocycles. The Kier molecular flexibility index (Phi) is 4.27. The molecule has 0 atom stereocenters. The Morgan fingerprint density at radius 3 is 2.50 bits per heavy atom. The van der Waals surface area contributed by atoms with Crippen molar-refractivity contribution in [2.75, 3.05) is 24.3 Å². The highest BCUT2D eigenvalue weighted by atomic mass is 16.5. The normalized spacial score (nSPS) is 14.1. The Labute approximate surface area is 150 Å². The minimum absolute atomic E-state index is 0.0881. The van der Waals surface area contributed by atoms with Crippen LogP contribution in [0.3, 0.4) is 0 Å². The molecule has 1 amide bonds. The minimum Gasteiger partial charge on any atom is -0.481 e. The molecule has 8 heteroatoms. The second kappa shape index (κ2) is 6.29. The Hall–Kier alpha value is -3.16. The van der Waals surface area contributed by atoms with Crippen LogP contribution in [-0.2, 0) is 16.6 Å². The summed E-state index contributed by atoms with van der Waals surface area (Å²) in [7, 11) is 1.44. The van der Waals surface area contributed by atoms with Crippen LogP contribution in [0.4, 0.5) is 11.5 Å². The number of nitrogens with two attached hydrogens (primary N) is 1. The minimum atomic E-state index is -1.01. The van der Waals surface area contributed by atoms with Crippen molar-refractivity contribution in [1.29, 1.82) is 0 Å². The van der Waals surface area contributed by atoms with Gasteiger partial charge in [0.05, 0.1) is 18.2 Å². The smallest absolute Gasteiger partial charge is 0.318 e. The predicted molar refractivity (Wildman–Crippen MR) is 95.5 cm³/mol. The predicted octanol–water partition coefficient (Wildman–Crippen LogP) is 1.63. The number of nitrogen functional groups attached to an aromatic ring is 1. The van der Waals surface area contributed by atoms with Gasteiger partial charge in [0.25, 0.3) is 5.91 Å². The number of carbonyl (C=O) groups is 2. The molecule has 0 saturated heterocycles. The Morgan fingerprint density at radius 1 is 1.27 bits per heavy atom. The summed E-state index contributed by atoms with van der Waals surface area (Å²) in [5.41, 5.74) is 7.09. The molecule has 1 aromatic carbocycles. The summed E-state index contributed by atoms with van der Waals surface area (Å²) < 4.78 is 5.00. The molecule has 136 valence electrons. The number of hydrogen-bond acceptors (Lipinski definition) is 6. The summed E-state index contributed by atoms with van der Waals surface area (Å²) in [6.45, 7) is 3.71. The summed E-state index contributed by atoms with van der Waals surface area (Å²) >= 11 is 0. The number of fused-ring (bicyclic) bond motifs is 1. The number of benzene rings is 1. The topological polar surface area (TPSA) is 119 Å². The first kappa shape index (κ1) is 17.7. The lowest BCUT2D eigenvalue weighted by Crippen LogP contribution is -2.39. The van der Waals surface area contributed by atoms with Gasteiger partial charge in [0.1, 0.15) is 11.4 Å². The van der Waals surface area contributed by atoms with Crippen molar-refractivity contribution in [2.24, 2.45) is 0 Å². The third-order valence-electron chi connectivity index (χ3n) is 4.64. The largest absolute Gasteiger partial charge is 0.481 e. The van der Waals surface area contributed by atoms with Crippen molar-refractivity contribution in [2.45, 2.75) is 25.7 Å². The zero-order chi connectivity index (χ0) is 19.1. The number of rotatable bonds is 4. The van der Waals surface area contributed by atoms with Crippen molar-refractivity contribution in [3.8, 4) is 6.01 Å². The molecule has 2 aromatic rings. The molecular weight excluding hydrogens is 336 g/mol. The Balaban J connectivity index is 1.92. The van der Waals surface area contributed by atoms with Crippen LogP contribution in [0.5, 0.6) is 6.01 Å². The molecule has 1 aliphatic rings. The van der Waals surface area contributed by atoms with E-state index in [0.29, 0.717) is 29.9 Å². The fourth-order valence-corrected chi connectivity index (χ4v) is 2.89. The van der Waals surface area contributed by atoms with Gasteiger partial charge in [-0.2, -0.15) is 9.97 Å². The average Bonchev–Trinajstić information content (AvgIpc) is 2.61. The summed E-state index contributed by atoms with van der Waals surface area (Å²) in [4.78, 5) is 34.0. The highest BCUT2D eigenvalue weighted by Gasteiger charge is 2.32. The van der Waals surface area contributed by atoms with Crippen LogP contribution >= 0.6 is 0 Å². The number of aromatic nitrogens is 2. The van der Waals surface area contributed by atoms with E-state index >= 15 is 0 Å². The molecule has 0 spiro atoms. The molecule has 0 bridgehead atoms. The number of methoxy groups -OCH3 is 1. The van der Waals surface area contributed by atoms with E-state index in [1.165, 1.54) is 7.11 Å². The second-order valence-corrected chi connectivity index (χ2v) is 6.60. The van der Waals surface area contributed by atoms with Gasteiger partial charge in [0, 0.05) is 18.7 Å². The number of hydrogen-bond donors (Lipinski definition) is 2. The fourth-order valence-electron chi connectivity index (χ4n) is 2.89. The van der Waals surface area contributed by atoms with E-state index in [2.05, 4.69) is 9.97 Å². The van der Waals surface area contributed by atoms with E-state index in [4.69, 9.17) is 10.5 Å². The second-order valence-electron chi connectivity index (χ2n) is 6.60. The third kappa shape index (κ3) is 2.83. The maximum atomic E-state index is 12.9. The summed E-state index contributed by atoms with van der Waals surface area (Å²) in [6.07, 6.45) is 0.520. The van der Waals surface area contributed by atoms with E-state index in [9.17, 15) is 14.7 Å². The quantitative estimate of drug-likeness (QED) is 0.854. The van der Waals surface area contributed by atoms with E-state index in [1.807, 2.05) is 0 Å². The van der Waals surface area contributed by atoms with Crippen LogP contribution in [0, 0.1) is 0 Å². The van der Waals surface area contributed by atoms with E-state index in [-0.39, 0.29) is 23.3 Å². The number of anilines is 2. The van der Waals surface area contributed by atoms with Crippen LogP contribution < -0.4 is 15.4 Å². The van der Waals surface area contributed by atoms with Gasteiger partial charge in [-0.05, 0) is 31.5 Å². The Bertz CT molecular complexity index is 878. The molecule has 1 aliphatic heterocycles. The van der Waals surface area contributed by atoms with Gasteiger partial charge in [0.15, 0.2) is 0 Å². The van der Waals surface area contributed by atoms with Crippen LogP contribution in [0.25, 0.3) is 0 Å². The molecule has 3 N–H and O–H groups in total. The molecule has 3 rings (SSSR count). The van der Waals surface area contributed by atoms with Crippen molar-refractivity contribution in [3.63, 3.8) is 0 Å². The summed E-state index contributed by atoms with van der Waals surface area (Å²) in [5, 5.41) is 9.33. The lowest BCUT2D eigenvalue weighted by molar-refractivity contribution is -0.142. The first-order chi connectivity index (χ1) is 12.3. The third-order valence-corrected chi connectivity index (χ3v) is 4.64. The molecule has 0 saturated carbocycles. The van der Waals surface area contributed by atoms with Gasteiger partial charge in [-0.3, -0.25) is 9.59 Å². The van der Waals surface area contributed by atoms with E-state index in [1.54, 1.807) is 43.0 Å². The van der Waals surface area contributed by atoms with Gasteiger partial charge < -0.3 is 20.5 Å². The van der Waals surface area contributed by atoms with Crippen LogP contribution in [-0.4, -0.2) is 40.6 Å². The maximum absolute atomic E-state index is 12.9. The lowest BCUT2D eigenvalue weighted by Gasteiger charge is -2.29. The molecule has 8 nitrogen and oxygen atoms in total. The van der Waals surface area contributed by atoms with Crippen molar-refractivity contribution in [3.05, 3.63) is 41.1 Å². The molecule has 0 fully saturated rings. The van der Waals surface area contributed by atoms with Gasteiger partial charge in [-0.15, -0.1) is 0 Å². The first-order valence-corrected chi connectivity index (χ1v) is 8.12. The maximum Gasteiger partial charge on any atom is 0.318 e. The number of nitrogens with zero attached hydrogens (tertiary/aromatic N) is 3. The van der Waals surface area contributed by atoms with Crippen LogP contribution in [0.15, 0.2) is 24.3 Å². The first-order valence-electron chi connectivity index (χ1n) is 8.12. The standard InChI is InChI=1S/C18H20N4O4/c1-18(2,16(24)25)10-4-6-11(7-5-10)22-9-8-12-13(15(22)23)14(19)21-17(20-12)26-3/h4-7H,8-9H2,1-3H3,(H,24,25)(H2,19,20,21). The SMILES string of the molecule is COc1nc(N)c2c(n1)CCN(c1ccc(C(C)(C)C(=O)O)cc1)C2=O. The molecule has 0 aliphatic carbocycles. The van der Waals surface area contributed by atoms with Gasteiger partial charge in [0.2, 0.25) is 0 Å². The highest BCUT2D eigenvalue weighted by molar-refractivity contribution is 6.10. The van der Waals surface area contributed by atoms with Crippen molar-refractivity contribution < 1.29 is 19.4 Å². The fraction of sp³-hybridized carbons (Fsp3) is 0.333. The molecule has 2 heterocycles. The highest BCUT2D eigenvalue weighted by Crippen LogP contribution is 2.30. The summed E-state index contributed by atoms with van der Waals surface area (Å²) in [5.74, 6) is -1.10. The average molecular weight is 356 g/mol. The van der Waals surface area contributed by atoms with Gasteiger partial charge >= 0.3 is 12.0 Å². The van der Waals surface area contributed by atoms with Crippen LogP contribution in [0.1, 0.15) is 35.5 Å². The van der Waals surface area contributed by atoms with E-state index in [0.717, 1.165) is 0 Å². The Morgan fingerprint density at radius 2 is 1.92 bits per heavy atom.